The molecule has 1 aliphatic heterocycles. The molecule has 1 N–H and O–H groups in total. The van der Waals surface area contributed by atoms with Crippen LogP contribution < -0.4 is 4.74 Å². The van der Waals surface area contributed by atoms with Gasteiger partial charge in [0.15, 0.2) is 0 Å². The van der Waals surface area contributed by atoms with Crippen LogP contribution in [0.4, 0.5) is 0 Å². The second kappa shape index (κ2) is 8.15. The molecule has 1 aromatic rings. The number of aromatic carboxylic acids is 1. The van der Waals surface area contributed by atoms with E-state index < -0.39 is 5.97 Å². The van der Waals surface area contributed by atoms with Gasteiger partial charge in [0.2, 0.25) is 0 Å². The highest BCUT2D eigenvalue weighted by Gasteiger charge is 2.26. The second-order valence-electron chi connectivity index (χ2n) is 6.15. The Labute approximate surface area is 143 Å². The summed E-state index contributed by atoms with van der Waals surface area (Å²) in [7, 11) is 1.46. The van der Waals surface area contributed by atoms with Crippen molar-refractivity contribution < 1.29 is 19.4 Å². The number of likely N-dealkylation sites (tertiary alicyclic amines) is 1. The van der Waals surface area contributed by atoms with Crippen LogP contribution in [0, 0.1) is 5.92 Å². The van der Waals surface area contributed by atoms with E-state index in [1.165, 1.54) is 19.2 Å². The normalized spacial score (nSPS) is 17.7. The maximum absolute atomic E-state index is 12.8. The van der Waals surface area contributed by atoms with Gasteiger partial charge < -0.3 is 19.6 Å². The summed E-state index contributed by atoms with van der Waals surface area (Å²) in [6.07, 6.45) is 1.09. The Hall–Kier alpha value is -2.08. The van der Waals surface area contributed by atoms with Crippen molar-refractivity contribution in [1.29, 1.82) is 0 Å². The van der Waals surface area contributed by atoms with Crippen molar-refractivity contribution in [2.45, 2.75) is 20.3 Å². The Bertz CT molecular complexity index is 603. The number of carboxylic acids is 1. The maximum atomic E-state index is 12.8. The molecule has 24 heavy (non-hydrogen) atoms. The smallest absolute Gasteiger partial charge is 0.335 e. The molecule has 1 unspecified atom stereocenters. The van der Waals surface area contributed by atoms with Crippen LogP contribution in [0.2, 0.25) is 0 Å². The van der Waals surface area contributed by atoms with E-state index in [4.69, 9.17) is 4.74 Å². The van der Waals surface area contributed by atoms with Gasteiger partial charge in [-0.1, -0.05) is 6.92 Å². The lowest BCUT2D eigenvalue weighted by Gasteiger charge is -2.25. The minimum Gasteiger partial charge on any atom is -0.497 e. The summed E-state index contributed by atoms with van der Waals surface area (Å²) in [5, 5.41) is 9.21. The van der Waals surface area contributed by atoms with Crippen molar-refractivity contribution in [1.82, 2.24) is 9.80 Å². The predicted molar refractivity (Wildman–Crippen MR) is 91.8 cm³/mol. The van der Waals surface area contributed by atoms with Crippen molar-refractivity contribution in [3.63, 3.8) is 0 Å². The first-order valence-corrected chi connectivity index (χ1v) is 8.42. The molecule has 132 valence electrons. The molecule has 1 fully saturated rings. The van der Waals surface area contributed by atoms with Crippen LogP contribution in [0.25, 0.3) is 0 Å². The first-order chi connectivity index (χ1) is 11.5. The Morgan fingerprint density at radius 1 is 1.29 bits per heavy atom. The van der Waals surface area contributed by atoms with E-state index in [-0.39, 0.29) is 11.5 Å². The number of rotatable bonds is 7. The molecule has 1 amide bonds. The number of hydrogen-bond acceptors (Lipinski definition) is 4. The number of amides is 1. The van der Waals surface area contributed by atoms with Crippen molar-refractivity contribution in [3.8, 4) is 5.75 Å². The molecule has 1 aliphatic rings. The van der Waals surface area contributed by atoms with Gasteiger partial charge in [0.1, 0.15) is 5.75 Å². The minimum atomic E-state index is -1.07. The molecule has 1 heterocycles. The molecule has 1 aromatic carbocycles. The molecule has 2 rings (SSSR count). The van der Waals surface area contributed by atoms with E-state index in [1.807, 2.05) is 6.92 Å². The zero-order valence-corrected chi connectivity index (χ0v) is 14.6. The van der Waals surface area contributed by atoms with Crippen molar-refractivity contribution in [2.75, 3.05) is 39.8 Å². The van der Waals surface area contributed by atoms with Gasteiger partial charge in [-0.25, -0.2) is 4.79 Å². The lowest BCUT2D eigenvalue weighted by Crippen LogP contribution is -2.36. The van der Waals surface area contributed by atoms with Gasteiger partial charge >= 0.3 is 5.97 Å². The van der Waals surface area contributed by atoms with Crippen LogP contribution in [0.1, 0.15) is 41.0 Å². The van der Waals surface area contributed by atoms with Crippen molar-refractivity contribution in [3.05, 3.63) is 29.3 Å². The Morgan fingerprint density at radius 2 is 2.00 bits per heavy atom. The monoisotopic (exact) mass is 334 g/mol. The van der Waals surface area contributed by atoms with Crippen LogP contribution >= 0.6 is 0 Å². The SMILES string of the molecule is CCN1CCC(CN(CC)C(=O)c2cc(OC)cc(C(=O)O)c2)C1. The first kappa shape index (κ1) is 18.3. The highest BCUT2D eigenvalue weighted by Crippen LogP contribution is 2.21. The average Bonchev–Trinajstić information content (AvgIpc) is 3.06. The highest BCUT2D eigenvalue weighted by atomic mass is 16.5. The average molecular weight is 334 g/mol. The quantitative estimate of drug-likeness (QED) is 0.828. The Balaban J connectivity index is 2.16. The Morgan fingerprint density at radius 3 is 2.54 bits per heavy atom. The van der Waals surface area contributed by atoms with Gasteiger partial charge in [-0.2, -0.15) is 0 Å². The molecular weight excluding hydrogens is 308 g/mol. The van der Waals surface area contributed by atoms with Crippen LogP contribution in [0.3, 0.4) is 0 Å². The summed E-state index contributed by atoms with van der Waals surface area (Å²) >= 11 is 0. The van der Waals surface area contributed by atoms with Gasteiger partial charge in [-0.15, -0.1) is 0 Å². The molecule has 0 radical (unpaired) electrons. The molecule has 0 aromatic heterocycles. The largest absolute Gasteiger partial charge is 0.497 e. The number of hydrogen-bond donors (Lipinski definition) is 1. The zero-order chi connectivity index (χ0) is 17.7. The summed E-state index contributed by atoms with van der Waals surface area (Å²) in [4.78, 5) is 28.2. The third-order valence-corrected chi connectivity index (χ3v) is 4.60. The zero-order valence-electron chi connectivity index (χ0n) is 14.6. The van der Waals surface area contributed by atoms with E-state index >= 15 is 0 Å². The van der Waals surface area contributed by atoms with Crippen LogP contribution in [0.15, 0.2) is 18.2 Å². The van der Waals surface area contributed by atoms with E-state index in [0.29, 0.717) is 30.3 Å². The van der Waals surface area contributed by atoms with Gasteiger partial charge in [-0.3, -0.25) is 4.79 Å². The third kappa shape index (κ3) is 4.26. The number of methoxy groups -OCH3 is 1. The Kier molecular flexibility index (Phi) is 6.20. The van der Waals surface area contributed by atoms with E-state index in [0.717, 1.165) is 26.1 Å². The number of carbonyl (C=O) groups excluding carboxylic acids is 1. The molecule has 0 aliphatic carbocycles. The van der Waals surface area contributed by atoms with E-state index in [9.17, 15) is 14.7 Å². The summed E-state index contributed by atoms with van der Waals surface area (Å²) < 4.78 is 5.13. The summed E-state index contributed by atoms with van der Waals surface area (Å²) in [5.41, 5.74) is 0.422. The standard InChI is InChI=1S/C18H26N2O4/c1-4-19-7-6-13(11-19)12-20(5-2)17(21)14-8-15(18(22)23)10-16(9-14)24-3/h8-10,13H,4-7,11-12H2,1-3H3,(H,22,23). The first-order valence-electron chi connectivity index (χ1n) is 8.42. The van der Waals surface area contributed by atoms with Gasteiger partial charge in [0.25, 0.3) is 5.91 Å². The highest BCUT2D eigenvalue weighted by molar-refractivity contribution is 5.98. The molecule has 0 bridgehead atoms. The number of carboxylic acid groups (broad SMARTS) is 1. The fourth-order valence-corrected chi connectivity index (χ4v) is 3.16. The minimum absolute atomic E-state index is 0.0618. The van der Waals surface area contributed by atoms with Crippen LogP contribution in [-0.4, -0.2) is 66.6 Å². The topological polar surface area (TPSA) is 70.1 Å². The fraction of sp³-hybridized carbons (Fsp3) is 0.556. The number of benzene rings is 1. The fourth-order valence-electron chi connectivity index (χ4n) is 3.16. The molecule has 6 nitrogen and oxygen atoms in total. The van der Waals surface area contributed by atoms with Gasteiger partial charge in [0, 0.05) is 25.2 Å². The predicted octanol–water partition coefficient (Wildman–Crippen LogP) is 2.20. The lowest BCUT2D eigenvalue weighted by molar-refractivity contribution is 0.0696. The molecule has 0 spiro atoms. The van der Waals surface area contributed by atoms with Crippen LogP contribution in [-0.2, 0) is 0 Å². The number of nitrogens with zero attached hydrogens (tertiary/aromatic N) is 2. The second-order valence-corrected chi connectivity index (χ2v) is 6.15. The van der Waals surface area contributed by atoms with Crippen molar-refractivity contribution in [2.24, 2.45) is 5.92 Å². The molecular formula is C18H26N2O4. The molecule has 1 saturated heterocycles. The van der Waals surface area contributed by atoms with Gasteiger partial charge in [0.05, 0.1) is 12.7 Å². The van der Waals surface area contributed by atoms with E-state index in [2.05, 4.69) is 11.8 Å². The molecule has 6 heteroatoms. The lowest BCUT2D eigenvalue weighted by atomic mass is 10.1. The van der Waals surface area contributed by atoms with Crippen molar-refractivity contribution >= 4 is 11.9 Å². The maximum Gasteiger partial charge on any atom is 0.335 e. The van der Waals surface area contributed by atoms with Crippen LogP contribution in [0.5, 0.6) is 5.75 Å². The molecule has 1 atom stereocenters. The van der Waals surface area contributed by atoms with E-state index in [1.54, 1.807) is 11.0 Å². The summed E-state index contributed by atoms with van der Waals surface area (Å²) in [6.45, 7) is 8.52. The summed E-state index contributed by atoms with van der Waals surface area (Å²) in [6, 6.07) is 4.44. The third-order valence-electron chi connectivity index (χ3n) is 4.60. The van der Waals surface area contributed by atoms with Gasteiger partial charge in [-0.05, 0) is 50.6 Å². The number of carbonyl (C=O) groups is 2. The molecule has 0 saturated carbocycles. The summed E-state index contributed by atoms with van der Waals surface area (Å²) in [5.74, 6) is -0.361. The number of ether oxygens (including phenoxy) is 1.